The number of β-amino-alcohol motifs (C(OH)–C–C–N with tert-alkyl or cyclic N) is 1. The molecule has 84 valence electrons. The lowest BCUT2D eigenvalue weighted by molar-refractivity contribution is 0.0736. The summed E-state index contributed by atoms with van der Waals surface area (Å²) in [5.74, 6) is 5.90. The summed E-state index contributed by atoms with van der Waals surface area (Å²) in [4.78, 5) is 0. The maximum atomic E-state index is 10.1. The predicted octanol–water partition coefficient (Wildman–Crippen LogP) is 1.81. The third-order valence-corrected chi connectivity index (χ3v) is 2.86. The third-order valence-electron chi connectivity index (χ3n) is 2.63. The van der Waals surface area contributed by atoms with Crippen LogP contribution in [0.5, 0.6) is 0 Å². The Kier molecular flexibility index (Phi) is 3.50. The average molecular weight is 236 g/mol. The van der Waals surface area contributed by atoms with Gasteiger partial charge >= 0.3 is 0 Å². The monoisotopic (exact) mass is 235 g/mol. The molecule has 3 heteroatoms. The molecular formula is C13H14ClNO. The predicted molar refractivity (Wildman–Crippen MR) is 65.4 cm³/mol. The Morgan fingerprint density at radius 2 is 2.31 bits per heavy atom. The van der Waals surface area contributed by atoms with Crippen molar-refractivity contribution in [3.05, 3.63) is 34.9 Å². The van der Waals surface area contributed by atoms with Crippen LogP contribution in [-0.2, 0) is 0 Å². The zero-order chi connectivity index (χ0) is 11.4. The first-order valence-corrected chi connectivity index (χ1v) is 5.78. The molecule has 1 atom stereocenters. The summed E-state index contributed by atoms with van der Waals surface area (Å²) in [7, 11) is 0. The quantitative estimate of drug-likeness (QED) is 0.673. The van der Waals surface area contributed by atoms with Crippen molar-refractivity contribution in [2.75, 3.05) is 13.1 Å². The number of piperidine rings is 1. The zero-order valence-electron chi connectivity index (χ0n) is 8.96. The largest absolute Gasteiger partial charge is 0.376 e. The molecule has 0 spiro atoms. The van der Waals surface area contributed by atoms with Crippen LogP contribution in [0.4, 0.5) is 0 Å². The van der Waals surface area contributed by atoms with E-state index in [0.717, 1.165) is 24.9 Å². The summed E-state index contributed by atoms with van der Waals surface area (Å²) >= 11 is 5.86. The van der Waals surface area contributed by atoms with E-state index in [1.165, 1.54) is 0 Å². The molecule has 1 saturated heterocycles. The van der Waals surface area contributed by atoms with Crippen LogP contribution < -0.4 is 5.32 Å². The number of halogens is 1. The molecule has 0 aliphatic carbocycles. The molecule has 0 amide bonds. The normalized spacial score (nSPS) is 24.6. The van der Waals surface area contributed by atoms with Gasteiger partial charge in [-0.1, -0.05) is 29.5 Å². The van der Waals surface area contributed by atoms with E-state index in [-0.39, 0.29) is 0 Å². The Hall–Kier alpha value is -1.01. The highest BCUT2D eigenvalue weighted by atomic mass is 35.5. The molecule has 1 fully saturated rings. The summed E-state index contributed by atoms with van der Waals surface area (Å²) in [5, 5.41) is 13.9. The molecule has 0 aromatic heterocycles. The number of benzene rings is 1. The van der Waals surface area contributed by atoms with Crippen LogP contribution in [0.1, 0.15) is 18.4 Å². The Morgan fingerprint density at radius 1 is 1.44 bits per heavy atom. The van der Waals surface area contributed by atoms with Crippen LogP contribution in [0.15, 0.2) is 24.3 Å². The van der Waals surface area contributed by atoms with Gasteiger partial charge in [-0.15, -0.1) is 0 Å². The highest BCUT2D eigenvalue weighted by molar-refractivity contribution is 6.30. The van der Waals surface area contributed by atoms with Gasteiger partial charge in [0, 0.05) is 17.1 Å². The topological polar surface area (TPSA) is 32.3 Å². The number of hydrogen-bond acceptors (Lipinski definition) is 2. The Labute approximate surface area is 101 Å². The smallest absolute Gasteiger partial charge is 0.138 e. The molecule has 0 bridgehead atoms. The Balaban J connectivity index is 2.14. The van der Waals surface area contributed by atoms with Gasteiger partial charge in [0.15, 0.2) is 0 Å². The third kappa shape index (κ3) is 2.99. The summed E-state index contributed by atoms with van der Waals surface area (Å²) in [5.41, 5.74) is -0.0490. The summed E-state index contributed by atoms with van der Waals surface area (Å²) < 4.78 is 0. The van der Waals surface area contributed by atoms with Crippen molar-refractivity contribution < 1.29 is 5.11 Å². The van der Waals surface area contributed by atoms with Crippen LogP contribution in [-0.4, -0.2) is 23.8 Å². The molecule has 2 rings (SSSR count). The maximum absolute atomic E-state index is 10.1. The number of nitrogens with one attached hydrogen (secondary N) is 1. The minimum absolute atomic E-state index is 0.542. The van der Waals surface area contributed by atoms with Gasteiger partial charge in [0.25, 0.3) is 0 Å². The second kappa shape index (κ2) is 4.88. The molecule has 0 saturated carbocycles. The molecule has 16 heavy (non-hydrogen) atoms. The fourth-order valence-corrected chi connectivity index (χ4v) is 1.94. The van der Waals surface area contributed by atoms with Crippen LogP contribution in [0.25, 0.3) is 0 Å². The second-order valence-corrected chi connectivity index (χ2v) is 4.51. The first-order chi connectivity index (χ1) is 7.68. The zero-order valence-corrected chi connectivity index (χ0v) is 9.72. The van der Waals surface area contributed by atoms with Crippen LogP contribution in [0.2, 0.25) is 5.02 Å². The Morgan fingerprint density at radius 3 is 3.00 bits per heavy atom. The van der Waals surface area contributed by atoms with E-state index in [1.54, 1.807) is 6.07 Å². The van der Waals surface area contributed by atoms with E-state index in [0.29, 0.717) is 11.6 Å². The molecule has 1 heterocycles. The Bertz CT molecular complexity index is 427. The van der Waals surface area contributed by atoms with Gasteiger partial charge < -0.3 is 10.4 Å². The van der Waals surface area contributed by atoms with Gasteiger partial charge in [-0.05, 0) is 37.6 Å². The van der Waals surface area contributed by atoms with E-state index in [4.69, 9.17) is 11.6 Å². The first kappa shape index (κ1) is 11.5. The minimum Gasteiger partial charge on any atom is -0.376 e. The van der Waals surface area contributed by atoms with Crippen LogP contribution >= 0.6 is 11.6 Å². The highest BCUT2D eigenvalue weighted by Gasteiger charge is 2.26. The molecule has 1 aromatic carbocycles. The minimum atomic E-state index is -0.888. The molecular weight excluding hydrogens is 222 g/mol. The molecule has 1 aliphatic rings. The van der Waals surface area contributed by atoms with Crippen LogP contribution in [0, 0.1) is 11.8 Å². The molecule has 1 aromatic rings. The van der Waals surface area contributed by atoms with Crippen molar-refractivity contribution in [1.82, 2.24) is 5.32 Å². The van der Waals surface area contributed by atoms with Crippen molar-refractivity contribution in [1.29, 1.82) is 0 Å². The van der Waals surface area contributed by atoms with E-state index in [9.17, 15) is 5.11 Å². The van der Waals surface area contributed by atoms with E-state index >= 15 is 0 Å². The lowest BCUT2D eigenvalue weighted by Crippen LogP contribution is -2.44. The highest BCUT2D eigenvalue weighted by Crippen LogP contribution is 2.15. The fraction of sp³-hybridized carbons (Fsp3) is 0.385. The number of aliphatic hydroxyl groups is 1. The van der Waals surface area contributed by atoms with E-state index < -0.39 is 5.60 Å². The molecule has 2 nitrogen and oxygen atoms in total. The average Bonchev–Trinajstić information content (AvgIpc) is 2.28. The second-order valence-electron chi connectivity index (χ2n) is 4.07. The lowest BCUT2D eigenvalue weighted by atomic mass is 9.94. The van der Waals surface area contributed by atoms with Crippen molar-refractivity contribution in [3.8, 4) is 11.8 Å². The number of hydrogen-bond donors (Lipinski definition) is 2. The van der Waals surface area contributed by atoms with Gasteiger partial charge in [-0.25, -0.2) is 0 Å². The van der Waals surface area contributed by atoms with E-state index in [2.05, 4.69) is 17.2 Å². The van der Waals surface area contributed by atoms with Crippen molar-refractivity contribution >= 4 is 11.6 Å². The summed E-state index contributed by atoms with van der Waals surface area (Å²) in [6.45, 7) is 1.50. The van der Waals surface area contributed by atoms with Gasteiger partial charge in [-0.3, -0.25) is 0 Å². The van der Waals surface area contributed by atoms with Crippen molar-refractivity contribution in [2.45, 2.75) is 18.4 Å². The molecule has 0 radical (unpaired) electrons. The van der Waals surface area contributed by atoms with Gasteiger partial charge in [-0.2, -0.15) is 0 Å². The summed E-state index contributed by atoms with van der Waals surface area (Å²) in [6, 6.07) is 7.35. The first-order valence-electron chi connectivity index (χ1n) is 5.40. The number of rotatable bonds is 0. The summed E-state index contributed by atoms with van der Waals surface area (Å²) in [6.07, 6.45) is 1.69. The molecule has 1 unspecified atom stereocenters. The van der Waals surface area contributed by atoms with Crippen LogP contribution in [0.3, 0.4) is 0 Å². The lowest BCUT2D eigenvalue weighted by Gasteiger charge is -2.27. The van der Waals surface area contributed by atoms with Gasteiger partial charge in [0.1, 0.15) is 5.60 Å². The van der Waals surface area contributed by atoms with Gasteiger partial charge in [0.05, 0.1) is 0 Å². The maximum Gasteiger partial charge on any atom is 0.138 e. The van der Waals surface area contributed by atoms with Gasteiger partial charge in [0.2, 0.25) is 0 Å². The SMILES string of the molecule is OC1(C#Cc2cccc(Cl)c2)CCCNC1. The standard InChI is InChI=1S/C13H14ClNO/c14-12-4-1-3-11(9-12)5-7-13(16)6-2-8-15-10-13/h1,3-4,9,15-16H,2,6,8,10H2. The molecule has 2 N–H and O–H groups in total. The van der Waals surface area contributed by atoms with Crippen molar-refractivity contribution in [2.24, 2.45) is 0 Å². The van der Waals surface area contributed by atoms with E-state index in [1.807, 2.05) is 18.2 Å². The molecule has 1 aliphatic heterocycles. The fourth-order valence-electron chi connectivity index (χ4n) is 1.75. The van der Waals surface area contributed by atoms with Crippen molar-refractivity contribution in [3.63, 3.8) is 0 Å².